The molecule has 0 aliphatic carbocycles. The Hall–Kier alpha value is -4.72. The molecule has 0 fully saturated rings. The predicted octanol–water partition coefficient (Wildman–Crippen LogP) is 6.17. The molecular weight excluding hydrogens is 440 g/mol. The van der Waals surface area contributed by atoms with Crippen molar-refractivity contribution in [2.75, 3.05) is 5.32 Å². The third kappa shape index (κ3) is 3.85. The SMILES string of the molecule is CCCC(=O)Nc1cncc(-c2ccc3[nH]nc(-c4cc5c(-c6ccoc6)ccnc5[nH]4)c3c2)c1. The van der Waals surface area contributed by atoms with Crippen LogP contribution in [0.1, 0.15) is 19.8 Å². The number of hydrogen-bond donors (Lipinski definition) is 3. The summed E-state index contributed by atoms with van der Waals surface area (Å²) in [5, 5.41) is 12.6. The van der Waals surface area contributed by atoms with Gasteiger partial charge < -0.3 is 14.7 Å². The lowest BCUT2D eigenvalue weighted by Crippen LogP contribution is -2.10. The standard InChI is InChI=1S/C27H22N6O2/c1-2-3-25(34)30-19-10-18(13-28-14-19)16-4-5-23-22(11-16)26(33-32-23)24-12-21-20(17-7-9-35-15-17)6-8-29-27(21)31-24/h4-15H,2-3H2,1H3,(H,29,31)(H,30,34)(H,32,33). The summed E-state index contributed by atoms with van der Waals surface area (Å²) in [7, 11) is 0. The van der Waals surface area contributed by atoms with E-state index in [2.05, 4.69) is 42.6 Å². The Morgan fingerprint density at radius 1 is 1.03 bits per heavy atom. The van der Waals surface area contributed by atoms with Crippen LogP contribution >= 0.6 is 0 Å². The second kappa shape index (κ2) is 8.57. The summed E-state index contributed by atoms with van der Waals surface area (Å²) in [5.41, 5.74) is 7.99. The summed E-state index contributed by atoms with van der Waals surface area (Å²) >= 11 is 0. The molecule has 1 aromatic carbocycles. The van der Waals surface area contributed by atoms with E-state index in [-0.39, 0.29) is 5.91 Å². The van der Waals surface area contributed by atoms with E-state index in [1.807, 2.05) is 37.3 Å². The fraction of sp³-hybridized carbons (Fsp3) is 0.111. The summed E-state index contributed by atoms with van der Waals surface area (Å²) in [5.74, 6) is -0.0127. The molecule has 6 aromatic rings. The van der Waals surface area contributed by atoms with Gasteiger partial charge in [-0.25, -0.2) is 4.98 Å². The van der Waals surface area contributed by atoms with Crippen LogP contribution in [-0.2, 0) is 4.79 Å². The Morgan fingerprint density at radius 3 is 2.83 bits per heavy atom. The first-order valence-electron chi connectivity index (χ1n) is 11.4. The molecule has 0 aliphatic rings. The van der Waals surface area contributed by atoms with E-state index in [1.54, 1.807) is 31.1 Å². The van der Waals surface area contributed by atoms with Gasteiger partial charge in [0.25, 0.3) is 0 Å². The molecule has 1 amide bonds. The van der Waals surface area contributed by atoms with Crippen molar-refractivity contribution >= 4 is 33.5 Å². The van der Waals surface area contributed by atoms with Crippen LogP contribution in [0.4, 0.5) is 5.69 Å². The number of hydrogen-bond acceptors (Lipinski definition) is 5. The number of rotatable bonds is 6. The highest BCUT2D eigenvalue weighted by Crippen LogP contribution is 2.34. The lowest BCUT2D eigenvalue weighted by molar-refractivity contribution is -0.116. The molecule has 0 atom stereocenters. The monoisotopic (exact) mass is 462 g/mol. The van der Waals surface area contributed by atoms with E-state index in [4.69, 9.17) is 4.42 Å². The second-order valence-electron chi connectivity index (χ2n) is 8.41. The molecule has 0 saturated heterocycles. The summed E-state index contributed by atoms with van der Waals surface area (Å²) in [4.78, 5) is 24.3. The van der Waals surface area contributed by atoms with Gasteiger partial charge in [0.15, 0.2) is 0 Å². The minimum atomic E-state index is -0.0127. The lowest BCUT2D eigenvalue weighted by Gasteiger charge is -2.07. The van der Waals surface area contributed by atoms with Gasteiger partial charge in [-0.15, -0.1) is 0 Å². The zero-order chi connectivity index (χ0) is 23.8. The maximum atomic E-state index is 12.0. The number of amides is 1. The van der Waals surface area contributed by atoms with Crippen molar-refractivity contribution in [3.63, 3.8) is 0 Å². The number of benzene rings is 1. The van der Waals surface area contributed by atoms with Crippen molar-refractivity contribution in [2.45, 2.75) is 19.8 Å². The molecule has 0 bridgehead atoms. The molecule has 0 aliphatic heterocycles. The average molecular weight is 463 g/mol. The van der Waals surface area contributed by atoms with E-state index in [9.17, 15) is 4.79 Å². The molecule has 8 nitrogen and oxygen atoms in total. The maximum Gasteiger partial charge on any atom is 0.224 e. The van der Waals surface area contributed by atoms with Gasteiger partial charge in [-0.1, -0.05) is 13.0 Å². The van der Waals surface area contributed by atoms with Gasteiger partial charge in [0.05, 0.1) is 35.6 Å². The zero-order valence-electron chi connectivity index (χ0n) is 19.0. The molecule has 172 valence electrons. The van der Waals surface area contributed by atoms with E-state index in [1.165, 1.54) is 0 Å². The molecule has 5 heterocycles. The molecule has 5 aromatic heterocycles. The summed E-state index contributed by atoms with van der Waals surface area (Å²) in [6, 6.07) is 14.0. The van der Waals surface area contributed by atoms with Crippen molar-refractivity contribution in [1.29, 1.82) is 0 Å². The number of pyridine rings is 2. The zero-order valence-corrected chi connectivity index (χ0v) is 19.0. The van der Waals surface area contributed by atoms with Gasteiger partial charge in [-0.3, -0.25) is 14.9 Å². The van der Waals surface area contributed by atoms with Gasteiger partial charge in [-0.05, 0) is 53.9 Å². The molecule has 0 spiro atoms. The minimum absolute atomic E-state index is 0.0127. The fourth-order valence-electron chi connectivity index (χ4n) is 4.34. The third-order valence-corrected chi connectivity index (χ3v) is 6.01. The average Bonchev–Trinajstić information content (AvgIpc) is 3.63. The normalized spacial score (nSPS) is 11.3. The van der Waals surface area contributed by atoms with E-state index < -0.39 is 0 Å². The molecule has 0 saturated carbocycles. The van der Waals surface area contributed by atoms with Crippen LogP contribution < -0.4 is 5.32 Å². The number of fused-ring (bicyclic) bond motifs is 2. The Bertz CT molecular complexity index is 1660. The molecule has 0 unspecified atom stereocenters. The molecule has 0 radical (unpaired) electrons. The number of H-pyrrole nitrogens is 2. The fourth-order valence-corrected chi connectivity index (χ4v) is 4.34. The molecule has 6 rings (SSSR count). The third-order valence-electron chi connectivity index (χ3n) is 6.01. The Balaban J connectivity index is 1.40. The number of nitrogens with zero attached hydrogens (tertiary/aromatic N) is 3. The minimum Gasteiger partial charge on any atom is -0.472 e. The number of nitrogens with one attached hydrogen (secondary N) is 3. The maximum absolute atomic E-state index is 12.0. The van der Waals surface area contributed by atoms with E-state index in [0.29, 0.717) is 12.1 Å². The van der Waals surface area contributed by atoms with Crippen LogP contribution in [0.2, 0.25) is 0 Å². The van der Waals surface area contributed by atoms with Crippen molar-refractivity contribution < 1.29 is 9.21 Å². The molecule has 35 heavy (non-hydrogen) atoms. The molecular formula is C27H22N6O2. The van der Waals surface area contributed by atoms with Crippen LogP contribution in [-0.4, -0.2) is 31.1 Å². The van der Waals surface area contributed by atoms with Crippen molar-refractivity contribution in [3.8, 4) is 33.6 Å². The highest BCUT2D eigenvalue weighted by molar-refractivity contribution is 6.00. The summed E-state index contributed by atoms with van der Waals surface area (Å²) in [6.07, 6.45) is 9.91. The van der Waals surface area contributed by atoms with Crippen molar-refractivity contribution in [2.24, 2.45) is 0 Å². The Labute approximate surface area is 200 Å². The summed E-state index contributed by atoms with van der Waals surface area (Å²) < 4.78 is 5.28. The predicted molar refractivity (Wildman–Crippen MR) is 136 cm³/mol. The quantitative estimate of drug-likeness (QED) is 0.274. The van der Waals surface area contributed by atoms with E-state index in [0.717, 1.165) is 62.0 Å². The molecule has 3 N–H and O–H groups in total. The lowest BCUT2D eigenvalue weighted by atomic mass is 10.0. The number of anilines is 1. The van der Waals surface area contributed by atoms with Crippen LogP contribution in [0.5, 0.6) is 0 Å². The van der Waals surface area contributed by atoms with Gasteiger partial charge >= 0.3 is 0 Å². The largest absolute Gasteiger partial charge is 0.472 e. The van der Waals surface area contributed by atoms with Crippen molar-refractivity contribution in [3.05, 3.63) is 73.6 Å². The first kappa shape index (κ1) is 20.9. The van der Waals surface area contributed by atoms with Gasteiger partial charge in [0.1, 0.15) is 11.3 Å². The first-order valence-corrected chi connectivity index (χ1v) is 11.4. The summed E-state index contributed by atoms with van der Waals surface area (Å²) in [6.45, 7) is 1.98. The number of carbonyl (C=O) groups excluding carboxylic acids is 1. The van der Waals surface area contributed by atoms with Gasteiger partial charge in [0.2, 0.25) is 5.91 Å². The van der Waals surface area contributed by atoms with Crippen LogP contribution in [0.25, 0.3) is 55.6 Å². The van der Waals surface area contributed by atoms with Gasteiger partial charge in [0, 0.05) is 40.7 Å². The smallest absolute Gasteiger partial charge is 0.224 e. The van der Waals surface area contributed by atoms with Crippen molar-refractivity contribution in [1.82, 2.24) is 25.1 Å². The topological polar surface area (TPSA) is 112 Å². The Kier molecular flexibility index (Phi) is 5.11. The number of aromatic amines is 2. The number of aromatic nitrogens is 5. The van der Waals surface area contributed by atoms with Crippen LogP contribution in [0.3, 0.4) is 0 Å². The van der Waals surface area contributed by atoms with Gasteiger partial charge in [-0.2, -0.15) is 5.10 Å². The Morgan fingerprint density at radius 2 is 1.97 bits per heavy atom. The number of carbonyl (C=O) groups is 1. The van der Waals surface area contributed by atoms with Crippen LogP contribution in [0.15, 0.2) is 78.0 Å². The number of furan rings is 1. The van der Waals surface area contributed by atoms with Crippen LogP contribution in [0, 0.1) is 0 Å². The highest BCUT2D eigenvalue weighted by atomic mass is 16.3. The van der Waals surface area contributed by atoms with E-state index >= 15 is 0 Å². The highest BCUT2D eigenvalue weighted by Gasteiger charge is 2.15. The second-order valence-corrected chi connectivity index (χ2v) is 8.41. The molecule has 8 heteroatoms. The first-order chi connectivity index (χ1) is 17.2.